The second-order valence-corrected chi connectivity index (χ2v) is 4.66. The van der Waals surface area contributed by atoms with Crippen molar-refractivity contribution in [1.82, 2.24) is 4.98 Å². The summed E-state index contributed by atoms with van der Waals surface area (Å²) in [6.45, 7) is 0.935. The van der Waals surface area contributed by atoms with Crippen molar-refractivity contribution in [3.8, 4) is 17.0 Å². The molecule has 0 spiro atoms. The summed E-state index contributed by atoms with van der Waals surface area (Å²) in [5.74, 6) is 0.919. The molecule has 1 N–H and O–H groups in total. The molecule has 1 aliphatic rings. The van der Waals surface area contributed by atoms with Crippen LogP contribution in [-0.4, -0.2) is 11.8 Å². The van der Waals surface area contributed by atoms with E-state index in [-0.39, 0.29) is 0 Å². The first-order valence-electron chi connectivity index (χ1n) is 6.32. The third kappa shape index (κ3) is 1.71. The maximum absolute atomic E-state index is 5.52. The fourth-order valence-electron chi connectivity index (χ4n) is 2.57. The summed E-state index contributed by atoms with van der Waals surface area (Å²) in [6, 6.07) is 16.6. The van der Waals surface area contributed by atoms with Crippen molar-refractivity contribution >= 4 is 10.9 Å². The lowest BCUT2D eigenvalue weighted by Gasteiger charge is -2.19. The zero-order valence-electron chi connectivity index (χ0n) is 10.3. The van der Waals surface area contributed by atoms with E-state index in [1.54, 1.807) is 0 Å². The van der Waals surface area contributed by atoms with Gasteiger partial charge in [-0.05, 0) is 18.2 Å². The summed E-state index contributed by atoms with van der Waals surface area (Å²) in [5.41, 5.74) is 4.51. The van der Waals surface area contributed by atoms with E-state index in [1.807, 2.05) is 24.3 Å². The van der Waals surface area contributed by atoms with Gasteiger partial charge in [0.25, 0.3) is 0 Å². The average Bonchev–Trinajstić information content (AvgIpc) is 2.90. The van der Waals surface area contributed by atoms with E-state index < -0.39 is 0 Å². The van der Waals surface area contributed by atoms with Crippen LogP contribution in [0.3, 0.4) is 0 Å². The number of fused-ring (bicyclic) bond motifs is 2. The fraction of sp³-hybridized carbons (Fsp3) is 0.125. The molecule has 0 aliphatic carbocycles. The van der Waals surface area contributed by atoms with Crippen molar-refractivity contribution in [3.63, 3.8) is 0 Å². The van der Waals surface area contributed by atoms with Crippen LogP contribution in [0, 0.1) is 0 Å². The quantitative estimate of drug-likeness (QED) is 0.715. The molecule has 0 unspecified atom stereocenters. The largest absolute Gasteiger partial charge is 0.467 e. The van der Waals surface area contributed by atoms with Crippen LogP contribution in [0.15, 0.2) is 48.5 Å². The molecule has 0 fully saturated rings. The van der Waals surface area contributed by atoms with Crippen LogP contribution in [0.5, 0.6) is 5.75 Å². The molecule has 0 amide bonds. The Kier molecular flexibility index (Phi) is 2.32. The third-order valence-electron chi connectivity index (χ3n) is 3.50. The number of rotatable bonds is 1. The maximum atomic E-state index is 5.52. The molecule has 1 aliphatic heterocycles. The van der Waals surface area contributed by atoms with Crippen LogP contribution < -0.4 is 4.74 Å². The number of aromatic amines is 1. The van der Waals surface area contributed by atoms with Gasteiger partial charge in [0.05, 0.1) is 6.61 Å². The molecular weight excluding hydrogens is 238 g/mol. The lowest BCUT2D eigenvalue weighted by atomic mass is 10.0. The lowest BCUT2D eigenvalue weighted by Crippen LogP contribution is -2.12. The molecule has 2 aromatic carbocycles. The average molecular weight is 251 g/mol. The monoisotopic (exact) mass is 251 g/mol. The molecule has 3 heteroatoms. The highest BCUT2D eigenvalue weighted by Gasteiger charge is 2.16. The number of nitrogens with one attached hydrogen (secondary N) is 1. The summed E-state index contributed by atoms with van der Waals surface area (Å²) >= 11 is 0. The van der Waals surface area contributed by atoms with Crippen molar-refractivity contribution in [3.05, 3.63) is 54.1 Å². The van der Waals surface area contributed by atoms with Crippen LogP contribution in [-0.2, 0) is 11.3 Å². The van der Waals surface area contributed by atoms with E-state index in [1.165, 1.54) is 5.39 Å². The van der Waals surface area contributed by atoms with Gasteiger partial charge in [-0.25, -0.2) is 0 Å². The highest BCUT2D eigenvalue weighted by atomic mass is 16.7. The van der Waals surface area contributed by atoms with Crippen LogP contribution in [0.4, 0.5) is 0 Å². The van der Waals surface area contributed by atoms with Crippen LogP contribution >= 0.6 is 0 Å². The Morgan fingerprint density at radius 3 is 2.89 bits per heavy atom. The maximum Gasteiger partial charge on any atom is 0.189 e. The SMILES string of the molecule is c1cc2c(c(-c3cc4ccccc4[nH]3)c1)COCO2. The Balaban J connectivity index is 1.92. The molecule has 0 atom stereocenters. The number of benzene rings is 2. The van der Waals surface area contributed by atoms with Crippen molar-refractivity contribution < 1.29 is 9.47 Å². The first-order valence-corrected chi connectivity index (χ1v) is 6.32. The minimum absolute atomic E-state index is 0.336. The number of H-pyrrole nitrogens is 1. The van der Waals surface area contributed by atoms with Gasteiger partial charge >= 0.3 is 0 Å². The van der Waals surface area contributed by atoms with Gasteiger partial charge in [0.1, 0.15) is 5.75 Å². The highest BCUT2D eigenvalue weighted by molar-refractivity contribution is 5.86. The second-order valence-electron chi connectivity index (χ2n) is 4.66. The summed E-state index contributed by atoms with van der Waals surface area (Å²) in [7, 11) is 0. The predicted octanol–water partition coefficient (Wildman–Crippen LogP) is 3.70. The first-order chi connectivity index (χ1) is 9.42. The van der Waals surface area contributed by atoms with Gasteiger partial charge in [0, 0.05) is 27.7 Å². The predicted molar refractivity (Wildman–Crippen MR) is 74.0 cm³/mol. The topological polar surface area (TPSA) is 34.2 Å². The van der Waals surface area contributed by atoms with E-state index in [9.17, 15) is 0 Å². The molecular formula is C16H13NO2. The molecule has 1 aromatic heterocycles. The van der Waals surface area contributed by atoms with Gasteiger partial charge < -0.3 is 14.5 Å². The van der Waals surface area contributed by atoms with Gasteiger partial charge in [0.15, 0.2) is 6.79 Å². The van der Waals surface area contributed by atoms with Crippen LogP contribution in [0.25, 0.3) is 22.2 Å². The van der Waals surface area contributed by atoms with Gasteiger partial charge in [0.2, 0.25) is 0 Å². The molecule has 4 rings (SSSR count). The molecule has 0 radical (unpaired) electrons. The van der Waals surface area contributed by atoms with E-state index in [0.717, 1.165) is 28.1 Å². The first kappa shape index (κ1) is 10.6. The molecule has 0 saturated carbocycles. The Bertz CT molecular complexity index is 712. The second kappa shape index (κ2) is 4.14. The number of hydrogen-bond donors (Lipinski definition) is 1. The van der Waals surface area contributed by atoms with Crippen LogP contribution in [0.2, 0.25) is 0 Å². The molecule has 0 bridgehead atoms. The van der Waals surface area contributed by atoms with E-state index >= 15 is 0 Å². The molecule has 94 valence electrons. The van der Waals surface area contributed by atoms with E-state index in [2.05, 4.69) is 29.2 Å². The fourth-order valence-corrected chi connectivity index (χ4v) is 2.57. The van der Waals surface area contributed by atoms with Gasteiger partial charge in [-0.1, -0.05) is 30.3 Å². The summed E-state index contributed by atoms with van der Waals surface area (Å²) in [6.07, 6.45) is 0. The van der Waals surface area contributed by atoms with Crippen LogP contribution in [0.1, 0.15) is 5.56 Å². The third-order valence-corrected chi connectivity index (χ3v) is 3.50. The molecule has 3 aromatic rings. The number of ether oxygens (including phenoxy) is 2. The van der Waals surface area contributed by atoms with Crippen molar-refractivity contribution in [2.45, 2.75) is 6.61 Å². The summed E-state index contributed by atoms with van der Waals surface area (Å²) < 4.78 is 10.9. The zero-order chi connectivity index (χ0) is 12.7. The molecule has 2 heterocycles. The lowest BCUT2D eigenvalue weighted by molar-refractivity contribution is -0.0160. The van der Waals surface area contributed by atoms with E-state index in [4.69, 9.17) is 9.47 Å². The Hall–Kier alpha value is -2.26. The minimum Gasteiger partial charge on any atom is -0.467 e. The Labute approximate surface area is 110 Å². The number of hydrogen-bond acceptors (Lipinski definition) is 2. The normalized spacial score (nSPS) is 14.1. The number of para-hydroxylation sites is 1. The van der Waals surface area contributed by atoms with E-state index in [0.29, 0.717) is 13.4 Å². The summed E-state index contributed by atoms with van der Waals surface area (Å²) in [5, 5.41) is 1.22. The Morgan fingerprint density at radius 1 is 1.00 bits per heavy atom. The van der Waals surface area contributed by atoms with Crippen molar-refractivity contribution in [2.24, 2.45) is 0 Å². The van der Waals surface area contributed by atoms with Crippen molar-refractivity contribution in [2.75, 3.05) is 6.79 Å². The zero-order valence-corrected chi connectivity index (χ0v) is 10.3. The minimum atomic E-state index is 0.336. The molecule has 19 heavy (non-hydrogen) atoms. The molecule has 0 saturated heterocycles. The standard InChI is InChI=1S/C16H13NO2/c1-2-6-14-11(4-1)8-15(17-14)12-5-3-7-16-13(12)9-18-10-19-16/h1-8,17H,9-10H2. The van der Waals surface area contributed by atoms with Gasteiger partial charge in [-0.2, -0.15) is 0 Å². The summed E-state index contributed by atoms with van der Waals surface area (Å²) in [4.78, 5) is 3.45. The Morgan fingerprint density at radius 2 is 1.95 bits per heavy atom. The number of aromatic nitrogens is 1. The smallest absolute Gasteiger partial charge is 0.189 e. The van der Waals surface area contributed by atoms with Gasteiger partial charge in [-0.3, -0.25) is 0 Å². The van der Waals surface area contributed by atoms with Crippen molar-refractivity contribution in [1.29, 1.82) is 0 Å². The molecule has 3 nitrogen and oxygen atoms in total. The van der Waals surface area contributed by atoms with Gasteiger partial charge in [-0.15, -0.1) is 0 Å². The highest BCUT2D eigenvalue weighted by Crippen LogP contribution is 2.34.